The molecule has 0 spiro atoms. The summed E-state index contributed by atoms with van der Waals surface area (Å²) in [6, 6.07) is 14.5. The SMILES string of the molecule is CCOc1ccc(N(CCC#N)C(=O)c2ccc(S(=O)(=O)NOC)cc2)cc1. The van der Waals surface area contributed by atoms with Crippen molar-refractivity contribution in [3.8, 4) is 11.8 Å². The Labute approximate surface area is 164 Å². The highest BCUT2D eigenvalue weighted by molar-refractivity contribution is 7.89. The monoisotopic (exact) mass is 403 g/mol. The summed E-state index contributed by atoms with van der Waals surface area (Å²) in [6.45, 7) is 2.61. The van der Waals surface area contributed by atoms with Crippen LogP contribution in [0.1, 0.15) is 23.7 Å². The number of nitrogens with zero attached hydrogens (tertiary/aromatic N) is 2. The van der Waals surface area contributed by atoms with Crippen molar-refractivity contribution in [1.82, 2.24) is 4.89 Å². The van der Waals surface area contributed by atoms with Crippen LogP contribution in [0.2, 0.25) is 0 Å². The van der Waals surface area contributed by atoms with Gasteiger partial charge in [0, 0.05) is 17.8 Å². The maximum Gasteiger partial charge on any atom is 0.262 e. The molecule has 9 heteroatoms. The maximum absolute atomic E-state index is 12.9. The minimum Gasteiger partial charge on any atom is -0.494 e. The molecule has 0 aromatic heterocycles. The molecule has 148 valence electrons. The number of sulfonamides is 1. The summed E-state index contributed by atoms with van der Waals surface area (Å²) in [6.07, 6.45) is 0.156. The molecule has 0 aliphatic carbocycles. The van der Waals surface area contributed by atoms with Gasteiger partial charge in [-0.2, -0.15) is 5.26 Å². The van der Waals surface area contributed by atoms with Gasteiger partial charge in [0.25, 0.3) is 15.9 Å². The predicted octanol–water partition coefficient (Wildman–Crippen LogP) is 2.49. The molecule has 1 N–H and O–H groups in total. The number of amides is 1. The molecule has 28 heavy (non-hydrogen) atoms. The normalized spacial score (nSPS) is 10.9. The summed E-state index contributed by atoms with van der Waals surface area (Å²) in [4.78, 5) is 20.7. The molecule has 1 amide bonds. The van der Waals surface area contributed by atoms with Crippen LogP contribution in [0.4, 0.5) is 5.69 Å². The molecule has 0 bridgehead atoms. The Bertz CT molecular complexity index is 935. The van der Waals surface area contributed by atoms with Gasteiger partial charge in [-0.05, 0) is 55.5 Å². The van der Waals surface area contributed by atoms with Crippen molar-refractivity contribution in [2.45, 2.75) is 18.2 Å². The average Bonchev–Trinajstić information content (AvgIpc) is 2.69. The highest BCUT2D eigenvalue weighted by Crippen LogP contribution is 2.22. The minimum atomic E-state index is -3.80. The van der Waals surface area contributed by atoms with Crippen molar-refractivity contribution in [1.29, 1.82) is 5.26 Å². The van der Waals surface area contributed by atoms with Gasteiger partial charge in [0.15, 0.2) is 0 Å². The zero-order chi connectivity index (χ0) is 20.6. The average molecular weight is 403 g/mol. The highest BCUT2D eigenvalue weighted by Gasteiger charge is 2.19. The second-order valence-corrected chi connectivity index (χ2v) is 7.25. The Balaban J connectivity index is 2.28. The number of rotatable bonds is 9. The molecular weight excluding hydrogens is 382 g/mol. The van der Waals surface area contributed by atoms with E-state index in [4.69, 9.17) is 10.00 Å². The number of benzene rings is 2. The van der Waals surface area contributed by atoms with E-state index in [2.05, 4.69) is 4.84 Å². The van der Waals surface area contributed by atoms with E-state index in [1.54, 1.807) is 24.3 Å². The van der Waals surface area contributed by atoms with Crippen LogP contribution in [0.15, 0.2) is 53.4 Å². The second kappa shape index (κ2) is 9.85. The van der Waals surface area contributed by atoms with E-state index in [0.29, 0.717) is 23.6 Å². The van der Waals surface area contributed by atoms with Crippen molar-refractivity contribution >= 4 is 21.6 Å². The largest absolute Gasteiger partial charge is 0.494 e. The number of anilines is 1. The van der Waals surface area contributed by atoms with Crippen LogP contribution in [0, 0.1) is 11.3 Å². The number of nitrogens with one attached hydrogen (secondary N) is 1. The molecule has 0 saturated carbocycles. The number of carbonyl (C=O) groups is 1. The van der Waals surface area contributed by atoms with Crippen LogP contribution >= 0.6 is 0 Å². The lowest BCUT2D eigenvalue weighted by Crippen LogP contribution is -2.32. The van der Waals surface area contributed by atoms with Gasteiger partial charge in [0.2, 0.25) is 0 Å². The van der Waals surface area contributed by atoms with Gasteiger partial charge in [-0.1, -0.05) is 4.89 Å². The topological polar surface area (TPSA) is 109 Å². The van der Waals surface area contributed by atoms with Crippen molar-refractivity contribution < 1.29 is 22.8 Å². The van der Waals surface area contributed by atoms with E-state index in [-0.39, 0.29) is 23.8 Å². The molecule has 0 aliphatic rings. The van der Waals surface area contributed by atoms with Crippen LogP contribution in [0.5, 0.6) is 5.75 Å². The quantitative estimate of drug-likeness (QED) is 0.644. The van der Waals surface area contributed by atoms with Crippen LogP contribution in [0.25, 0.3) is 0 Å². The summed E-state index contributed by atoms with van der Waals surface area (Å²) >= 11 is 0. The third kappa shape index (κ3) is 5.29. The predicted molar refractivity (Wildman–Crippen MR) is 103 cm³/mol. The van der Waals surface area contributed by atoms with E-state index >= 15 is 0 Å². The molecule has 2 rings (SSSR count). The first-order valence-electron chi connectivity index (χ1n) is 8.49. The third-order valence-corrected chi connectivity index (χ3v) is 5.04. The van der Waals surface area contributed by atoms with Gasteiger partial charge < -0.3 is 9.64 Å². The molecule has 0 heterocycles. The van der Waals surface area contributed by atoms with Gasteiger partial charge >= 0.3 is 0 Å². The standard InChI is InChI=1S/C19H21N3O5S/c1-3-27-17-9-7-16(8-10-17)22(14-4-13-20)19(23)15-5-11-18(12-6-15)28(24,25)21-26-2/h5-12,21H,3-4,14H2,1-2H3. The summed E-state index contributed by atoms with van der Waals surface area (Å²) in [5.41, 5.74) is 0.907. The molecule has 0 unspecified atom stereocenters. The molecule has 0 aliphatic heterocycles. The molecule has 0 atom stereocenters. The first-order chi connectivity index (χ1) is 13.4. The van der Waals surface area contributed by atoms with Gasteiger partial charge in [0.1, 0.15) is 5.75 Å². The van der Waals surface area contributed by atoms with E-state index in [9.17, 15) is 13.2 Å². The van der Waals surface area contributed by atoms with E-state index < -0.39 is 10.0 Å². The van der Waals surface area contributed by atoms with Gasteiger partial charge in [-0.3, -0.25) is 9.63 Å². The number of nitriles is 1. The molecule has 0 saturated heterocycles. The lowest BCUT2D eigenvalue weighted by Gasteiger charge is -2.22. The fourth-order valence-corrected chi connectivity index (χ4v) is 3.30. The smallest absolute Gasteiger partial charge is 0.262 e. The van der Waals surface area contributed by atoms with Crippen molar-refractivity contribution in [2.75, 3.05) is 25.2 Å². The first-order valence-corrected chi connectivity index (χ1v) is 9.97. The summed E-state index contributed by atoms with van der Waals surface area (Å²) < 4.78 is 29.2. The highest BCUT2D eigenvalue weighted by atomic mass is 32.2. The first kappa shape index (κ1) is 21.4. The number of hydrogen-bond acceptors (Lipinski definition) is 6. The Morgan fingerprint density at radius 1 is 1.14 bits per heavy atom. The molecular formula is C19H21N3O5S. The second-order valence-electron chi connectivity index (χ2n) is 5.61. The molecule has 2 aromatic carbocycles. The number of carbonyl (C=O) groups excluding carboxylic acids is 1. The lowest BCUT2D eigenvalue weighted by molar-refractivity contribution is 0.0987. The Morgan fingerprint density at radius 2 is 1.79 bits per heavy atom. The van der Waals surface area contributed by atoms with Crippen molar-refractivity contribution in [3.63, 3.8) is 0 Å². The van der Waals surface area contributed by atoms with Crippen LogP contribution < -0.4 is 14.5 Å². The van der Waals surface area contributed by atoms with Crippen molar-refractivity contribution in [3.05, 3.63) is 54.1 Å². The van der Waals surface area contributed by atoms with Crippen molar-refractivity contribution in [2.24, 2.45) is 0 Å². The van der Waals surface area contributed by atoms with Gasteiger partial charge in [-0.15, -0.1) is 0 Å². The third-order valence-electron chi connectivity index (χ3n) is 3.76. The van der Waals surface area contributed by atoms with E-state index in [0.717, 1.165) is 0 Å². The Morgan fingerprint density at radius 3 is 2.32 bits per heavy atom. The number of hydrogen-bond donors (Lipinski definition) is 1. The lowest BCUT2D eigenvalue weighted by atomic mass is 10.1. The fraction of sp³-hybridized carbons (Fsp3) is 0.263. The maximum atomic E-state index is 12.9. The fourth-order valence-electron chi connectivity index (χ4n) is 2.49. The van der Waals surface area contributed by atoms with E-state index in [1.165, 1.54) is 36.3 Å². The molecule has 0 fully saturated rings. The molecule has 0 radical (unpaired) electrons. The Kier molecular flexibility index (Phi) is 7.52. The van der Waals surface area contributed by atoms with Gasteiger partial charge in [0.05, 0.1) is 31.1 Å². The molecule has 8 nitrogen and oxygen atoms in total. The number of ether oxygens (including phenoxy) is 1. The van der Waals surface area contributed by atoms with E-state index in [1.807, 2.05) is 17.9 Å². The summed E-state index contributed by atoms with van der Waals surface area (Å²) in [5.74, 6) is 0.335. The van der Waals surface area contributed by atoms with Gasteiger partial charge in [-0.25, -0.2) is 8.42 Å². The van der Waals surface area contributed by atoms with Crippen LogP contribution in [-0.4, -0.2) is 34.6 Å². The molecule has 2 aromatic rings. The van der Waals surface area contributed by atoms with Crippen LogP contribution in [0.3, 0.4) is 0 Å². The van der Waals surface area contributed by atoms with Crippen LogP contribution in [-0.2, 0) is 14.9 Å². The zero-order valence-electron chi connectivity index (χ0n) is 15.6. The summed E-state index contributed by atoms with van der Waals surface area (Å²) in [5, 5.41) is 8.91. The Hall–Kier alpha value is -2.93. The minimum absolute atomic E-state index is 0.0319. The summed E-state index contributed by atoms with van der Waals surface area (Å²) in [7, 11) is -2.61. The zero-order valence-corrected chi connectivity index (χ0v) is 16.4.